The fourth-order valence-corrected chi connectivity index (χ4v) is 4.62. The second-order valence-corrected chi connectivity index (χ2v) is 8.86. The van der Waals surface area contributed by atoms with Gasteiger partial charge in [0.05, 0.1) is 13.2 Å². The van der Waals surface area contributed by atoms with Gasteiger partial charge in [-0.1, -0.05) is 6.07 Å². The van der Waals surface area contributed by atoms with E-state index < -0.39 is 0 Å². The maximum absolute atomic E-state index is 13.7. The summed E-state index contributed by atoms with van der Waals surface area (Å²) >= 11 is 0. The third-order valence-corrected chi connectivity index (χ3v) is 6.55. The summed E-state index contributed by atoms with van der Waals surface area (Å²) in [6.45, 7) is 4.09. The fraction of sp³-hybridized carbons (Fsp3) is 0.500. The number of methoxy groups -OCH3 is 1. The molecule has 1 aromatic heterocycles. The maximum Gasteiger partial charge on any atom is 0.254 e. The number of carbonyl (C=O) groups excluding carboxylic acids is 2. The predicted molar refractivity (Wildman–Crippen MR) is 126 cm³/mol. The average molecular weight is 452 g/mol. The Labute approximate surface area is 195 Å². The monoisotopic (exact) mass is 451 g/mol. The van der Waals surface area contributed by atoms with E-state index >= 15 is 0 Å². The molecule has 3 heterocycles. The zero-order valence-electron chi connectivity index (χ0n) is 19.3. The van der Waals surface area contributed by atoms with Crippen LogP contribution in [0.1, 0.15) is 58.5 Å². The number of nitrogens with zero attached hydrogens (tertiary/aromatic N) is 2. The van der Waals surface area contributed by atoms with Crippen LogP contribution in [0.5, 0.6) is 5.75 Å². The highest BCUT2D eigenvalue weighted by molar-refractivity contribution is 6.09. The van der Waals surface area contributed by atoms with E-state index in [0.717, 1.165) is 51.8 Å². The second-order valence-electron chi connectivity index (χ2n) is 8.86. The number of amides is 1. The summed E-state index contributed by atoms with van der Waals surface area (Å²) < 4.78 is 11.3. The van der Waals surface area contributed by atoms with Gasteiger partial charge in [-0.15, -0.1) is 0 Å². The molecule has 0 aliphatic carbocycles. The van der Waals surface area contributed by atoms with Crippen LogP contribution in [-0.4, -0.2) is 67.6 Å². The van der Waals surface area contributed by atoms with Gasteiger partial charge in [-0.05, 0) is 81.4 Å². The first-order chi connectivity index (χ1) is 16.1. The van der Waals surface area contributed by atoms with Crippen molar-refractivity contribution in [1.82, 2.24) is 15.2 Å². The highest BCUT2D eigenvalue weighted by Gasteiger charge is 2.26. The van der Waals surface area contributed by atoms with Gasteiger partial charge in [0.25, 0.3) is 5.91 Å². The SMILES string of the molecule is COc1cc(C(=O)c2ccccn2)cc(C(=O)N(CCC2CCNCC2)CC2CCCO2)c1. The molecule has 0 bridgehead atoms. The lowest BCUT2D eigenvalue weighted by atomic mass is 9.94. The Kier molecular flexibility index (Phi) is 8.07. The van der Waals surface area contributed by atoms with Crippen molar-refractivity contribution in [2.24, 2.45) is 5.92 Å². The minimum Gasteiger partial charge on any atom is -0.497 e. The summed E-state index contributed by atoms with van der Waals surface area (Å²) in [6.07, 6.45) is 6.92. The van der Waals surface area contributed by atoms with Crippen molar-refractivity contribution >= 4 is 11.7 Å². The molecule has 7 nitrogen and oxygen atoms in total. The minimum atomic E-state index is -0.232. The Morgan fingerprint density at radius 1 is 1.15 bits per heavy atom. The van der Waals surface area contributed by atoms with E-state index in [-0.39, 0.29) is 17.8 Å². The molecule has 176 valence electrons. The first-order valence-electron chi connectivity index (χ1n) is 11.9. The van der Waals surface area contributed by atoms with Crippen LogP contribution in [-0.2, 0) is 4.74 Å². The van der Waals surface area contributed by atoms with Gasteiger partial charge in [0.1, 0.15) is 11.4 Å². The molecule has 1 unspecified atom stereocenters. The Bertz CT molecular complexity index is 938. The van der Waals surface area contributed by atoms with Crippen LogP contribution in [0.4, 0.5) is 0 Å². The third-order valence-electron chi connectivity index (χ3n) is 6.55. The number of ketones is 1. The molecule has 2 aliphatic rings. The Morgan fingerprint density at radius 3 is 2.67 bits per heavy atom. The molecule has 1 aromatic carbocycles. The van der Waals surface area contributed by atoms with E-state index in [4.69, 9.17) is 9.47 Å². The molecule has 1 atom stereocenters. The van der Waals surface area contributed by atoms with E-state index in [0.29, 0.717) is 41.6 Å². The number of aromatic nitrogens is 1. The van der Waals surface area contributed by atoms with Crippen molar-refractivity contribution in [2.45, 2.75) is 38.2 Å². The molecule has 2 aromatic rings. The van der Waals surface area contributed by atoms with E-state index in [1.807, 2.05) is 4.90 Å². The lowest BCUT2D eigenvalue weighted by Gasteiger charge is -2.29. The molecule has 0 spiro atoms. The highest BCUT2D eigenvalue weighted by atomic mass is 16.5. The average Bonchev–Trinajstić information content (AvgIpc) is 3.39. The van der Waals surface area contributed by atoms with Crippen LogP contribution >= 0.6 is 0 Å². The molecular weight excluding hydrogens is 418 g/mol. The number of hydrogen-bond acceptors (Lipinski definition) is 6. The number of nitrogens with one attached hydrogen (secondary N) is 1. The highest BCUT2D eigenvalue weighted by Crippen LogP contribution is 2.23. The molecule has 1 N–H and O–H groups in total. The van der Waals surface area contributed by atoms with Gasteiger partial charge in [-0.2, -0.15) is 0 Å². The smallest absolute Gasteiger partial charge is 0.254 e. The van der Waals surface area contributed by atoms with Gasteiger partial charge < -0.3 is 19.7 Å². The van der Waals surface area contributed by atoms with Crippen LogP contribution in [0, 0.1) is 5.92 Å². The topological polar surface area (TPSA) is 80.8 Å². The quantitative estimate of drug-likeness (QED) is 0.589. The summed E-state index contributed by atoms with van der Waals surface area (Å²) in [4.78, 5) is 32.7. The van der Waals surface area contributed by atoms with Gasteiger partial charge in [-0.3, -0.25) is 14.6 Å². The van der Waals surface area contributed by atoms with Crippen molar-refractivity contribution in [1.29, 1.82) is 0 Å². The molecule has 2 aliphatic heterocycles. The zero-order chi connectivity index (χ0) is 23.0. The van der Waals surface area contributed by atoms with Crippen LogP contribution in [0.2, 0.25) is 0 Å². The normalized spacial score (nSPS) is 18.8. The third kappa shape index (κ3) is 6.18. The molecule has 4 rings (SSSR count). The van der Waals surface area contributed by atoms with Crippen molar-refractivity contribution in [2.75, 3.05) is 39.9 Å². The van der Waals surface area contributed by atoms with E-state index in [1.165, 1.54) is 0 Å². The van der Waals surface area contributed by atoms with E-state index in [2.05, 4.69) is 10.3 Å². The Balaban J connectivity index is 1.56. The summed E-state index contributed by atoms with van der Waals surface area (Å²) in [7, 11) is 1.54. The van der Waals surface area contributed by atoms with Crippen molar-refractivity contribution in [3.63, 3.8) is 0 Å². The maximum atomic E-state index is 13.7. The van der Waals surface area contributed by atoms with Crippen molar-refractivity contribution < 1.29 is 19.1 Å². The molecule has 2 saturated heterocycles. The first kappa shape index (κ1) is 23.4. The van der Waals surface area contributed by atoms with Crippen LogP contribution in [0.3, 0.4) is 0 Å². The molecule has 7 heteroatoms. The lowest BCUT2D eigenvalue weighted by molar-refractivity contribution is 0.0508. The van der Waals surface area contributed by atoms with Gasteiger partial charge in [0.15, 0.2) is 0 Å². The molecule has 0 saturated carbocycles. The van der Waals surface area contributed by atoms with Crippen molar-refractivity contribution in [3.05, 3.63) is 59.4 Å². The molecule has 0 radical (unpaired) electrons. The summed E-state index contributed by atoms with van der Waals surface area (Å²) in [5, 5.41) is 3.40. The van der Waals surface area contributed by atoms with E-state index in [9.17, 15) is 9.59 Å². The number of piperidine rings is 1. The predicted octanol–water partition coefficient (Wildman–Crippen LogP) is 3.33. The lowest BCUT2D eigenvalue weighted by Crippen LogP contribution is -2.39. The molecule has 2 fully saturated rings. The summed E-state index contributed by atoms with van der Waals surface area (Å²) in [5.74, 6) is 0.783. The minimum absolute atomic E-state index is 0.0715. The van der Waals surface area contributed by atoms with Gasteiger partial charge >= 0.3 is 0 Å². The number of benzene rings is 1. The fourth-order valence-electron chi connectivity index (χ4n) is 4.62. The number of pyridine rings is 1. The summed E-state index contributed by atoms with van der Waals surface area (Å²) in [5.41, 5.74) is 1.19. The first-order valence-corrected chi connectivity index (χ1v) is 11.9. The molecule has 33 heavy (non-hydrogen) atoms. The largest absolute Gasteiger partial charge is 0.497 e. The van der Waals surface area contributed by atoms with Crippen LogP contribution in [0.25, 0.3) is 0 Å². The van der Waals surface area contributed by atoms with Crippen LogP contribution < -0.4 is 10.1 Å². The number of hydrogen-bond donors (Lipinski definition) is 1. The number of rotatable bonds is 9. The zero-order valence-corrected chi connectivity index (χ0v) is 19.3. The Hall–Kier alpha value is -2.77. The molecule has 1 amide bonds. The van der Waals surface area contributed by atoms with Gasteiger partial charge in [-0.25, -0.2) is 0 Å². The van der Waals surface area contributed by atoms with Gasteiger partial charge in [0, 0.05) is 37.0 Å². The summed E-state index contributed by atoms with van der Waals surface area (Å²) in [6, 6.07) is 10.2. The molecular formula is C26H33N3O4. The van der Waals surface area contributed by atoms with Crippen molar-refractivity contribution in [3.8, 4) is 5.75 Å². The number of carbonyl (C=O) groups is 2. The standard InChI is InChI=1S/C26H33N3O4/c1-32-23-16-20(25(30)24-6-2-3-10-28-24)15-21(17-23)26(31)29(18-22-5-4-14-33-22)13-9-19-7-11-27-12-8-19/h2-3,6,10,15-17,19,22,27H,4-5,7-9,11-14,18H2,1H3. The number of ether oxygens (including phenoxy) is 2. The Morgan fingerprint density at radius 2 is 1.97 bits per heavy atom. The van der Waals surface area contributed by atoms with Gasteiger partial charge in [0.2, 0.25) is 5.78 Å². The second kappa shape index (κ2) is 11.4. The van der Waals surface area contributed by atoms with Crippen LogP contribution in [0.15, 0.2) is 42.6 Å². The van der Waals surface area contributed by atoms with E-state index in [1.54, 1.807) is 49.7 Å².